The number of rotatable bonds is 2. The lowest BCUT2D eigenvalue weighted by Gasteiger charge is -2.35. The van der Waals surface area contributed by atoms with Crippen molar-refractivity contribution in [1.29, 1.82) is 0 Å². The number of nitrogens with zero attached hydrogens (tertiary/aromatic N) is 1. The van der Waals surface area contributed by atoms with Crippen molar-refractivity contribution in [2.45, 2.75) is 46.1 Å². The van der Waals surface area contributed by atoms with Crippen LogP contribution in [0.15, 0.2) is 11.6 Å². The van der Waals surface area contributed by atoms with Crippen LogP contribution in [0.25, 0.3) is 0 Å². The van der Waals surface area contributed by atoms with Crippen LogP contribution in [0.2, 0.25) is 0 Å². The Balaban J connectivity index is 2.53. The Labute approximate surface area is 76.5 Å². The van der Waals surface area contributed by atoms with Gasteiger partial charge in [0.05, 0.1) is 0 Å². The van der Waals surface area contributed by atoms with E-state index >= 15 is 0 Å². The van der Waals surface area contributed by atoms with Gasteiger partial charge in [-0.25, -0.2) is 0 Å². The molecular weight excluding hydrogens is 146 g/mol. The molecule has 0 bridgehead atoms. The van der Waals surface area contributed by atoms with E-state index in [0.29, 0.717) is 6.04 Å². The molecule has 1 aliphatic rings. The summed E-state index contributed by atoms with van der Waals surface area (Å²) in [5, 5.41) is 0. The maximum atomic E-state index is 2.60. The maximum Gasteiger partial charge on any atom is 0.0279 e. The van der Waals surface area contributed by atoms with E-state index in [1.807, 2.05) is 0 Å². The SMILES string of the molecule is C/C=C1\CCCN(CCC)C1C. The molecule has 1 aliphatic heterocycles. The van der Waals surface area contributed by atoms with E-state index in [0.717, 1.165) is 0 Å². The van der Waals surface area contributed by atoms with Crippen LogP contribution in [0.4, 0.5) is 0 Å². The fraction of sp³-hybridized carbons (Fsp3) is 0.818. The zero-order valence-corrected chi connectivity index (χ0v) is 8.64. The quantitative estimate of drug-likeness (QED) is 0.572. The summed E-state index contributed by atoms with van der Waals surface area (Å²) in [5.41, 5.74) is 1.63. The van der Waals surface area contributed by atoms with Crippen molar-refractivity contribution < 1.29 is 0 Å². The summed E-state index contributed by atoms with van der Waals surface area (Å²) in [6, 6.07) is 0.698. The Morgan fingerprint density at radius 3 is 2.92 bits per heavy atom. The van der Waals surface area contributed by atoms with E-state index in [9.17, 15) is 0 Å². The molecule has 1 heteroatoms. The molecule has 1 rings (SSSR count). The first-order chi connectivity index (χ1) is 5.79. The third kappa shape index (κ3) is 2.10. The number of hydrogen-bond donors (Lipinski definition) is 0. The molecule has 0 aromatic carbocycles. The van der Waals surface area contributed by atoms with Gasteiger partial charge in [-0.2, -0.15) is 0 Å². The van der Waals surface area contributed by atoms with Gasteiger partial charge < -0.3 is 0 Å². The third-order valence-corrected chi connectivity index (χ3v) is 2.88. The minimum atomic E-state index is 0.698. The molecule has 1 saturated heterocycles. The highest BCUT2D eigenvalue weighted by Gasteiger charge is 2.20. The monoisotopic (exact) mass is 167 g/mol. The molecule has 0 aromatic rings. The number of piperidine rings is 1. The number of likely N-dealkylation sites (tertiary alicyclic amines) is 1. The van der Waals surface area contributed by atoms with Crippen LogP contribution in [0, 0.1) is 0 Å². The zero-order valence-electron chi connectivity index (χ0n) is 8.64. The molecule has 0 saturated carbocycles. The van der Waals surface area contributed by atoms with Crippen LogP contribution in [-0.2, 0) is 0 Å². The fourth-order valence-electron chi connectivity index (χ4n) is 2.10. The smallest absolute Gasteiger partial charge is 0.0279 e. The summed E-state index contributed by atoms with van der Waals surface area (Å²) >= 11 is 0. The van der Waals surface area contributed by atoms with E-state index in [1.54, 1.807) is 5.57 Å². The first-order valence-corrected chi connectivity index (χ1v) is 5.18. The minimum Gasteiger partial charge on any atom is -0.297 e. The standard InChI is InChI=1S/C11H21N/c1-4-8-12-9-6-7-11(5-2)10(12)3/h5,10H,4,6-9H2,1-3H3/b11-5+. The van der Waals surface area contributed by atoms with Gasteiger partial charge in [0.1, 0.15) is 0 Å². The Morgan fingerprint density at radius 1 is 1.58 bits per heavy atom. The van der Waals surface area contributed by atoms with Gasteiger partial charge in [0.15, 0.2) is 0 Å². The van der Waals surface area contributed by atoms with Gasteiger partial charge in [-0.05, 0) is 46.2 Å². The van der Waals surface area contributed by atoms with Gasteiger partial charge in [0.2, 0.25) is 0 Å². The van der Waals surface area contributed by atoms with Crippen LogP contribution in [0.1, 0.15) is 40.0 Å². The van der Waals surface area contributed by atoms with Crippen molar-refractivity contribution in [2.75, 3.05) is 13.1 Å². The molecule has 0 aromatic heterocycles. The summed E-state index contributed by atoms with van der Waals surface area (Å²) < 4.78 is 0. The maximum absolute atomic E-state index is 2.60. The first-order valence-electron chi connectivity index (χ1n) is 5.18. The second-order valence-corrected chi connectivity index (χ2v) is 3.68. The van der Waals surface area contributed by atoms with Gasteiger partial charge in [-0.1, -0.05) is 18.6 Å². The van der Waals surface area contributed by atoms with E-state index in [2.05, 4.69) is 31.7 Å². The first kappa shape index (κ1) is 9.79. The molecule has 0 aliphatic carbocycles. The third-order valence-electron chi connectivity index (χ3n) is 2.88. The van der Waals surface area contributed by atoms with Gasteiger partial charge in [0.25, 0.3) is 0 Å². The van der Waals surface area contributed by atoms with Crippen LogP contribution in [0.5, 0.6) is 0 Å². The number of hydrogen-bond acceptors (Lipinski definition) is 1. The molecule has 1 heterocycles. The zero-order chi connectivity index (χ0) is 8.97. The van der Waals surface area contributed by atoms with Gasteiger partial charge in [0, 0.05) is 6.04 Å². The van der Waals surface area contributed by atoms with E-state index in [4.69, 9.17) is 0 Å². The molecule has 70 valence electrons. The van der Waals surface area contributed by atoms with Gasteiger partial charge in [-0.3, -0.25) is 4.90 Å². The molecule has 1 unspecified atom stereocenters. The summed E-state index contributed by atoms with van der Waals surface area (Å²) in [7, 11) is 0. The molecule has 0 radical (unpaired) electrons. The van der Waals surface area contributed by atoms with Gasteiger partial charge in [-0.15, -0.1) is 0 Å². The Hall–Kier alpha value is -0.300. The summed E-state index contributed by atoms with van der Waals surface area (Å²) in [5.74, 6) is 0. The van der Waals surface area contributed by atoms with Crippen LogP contribution >= 0.6 is 0 Å². The van der Waals surface area contributed by atoms with Crippen LogP contribution in [0.3, 0.4) is 0 Å². The van der Waals surface area contributed by atoms with Gasteiger partial charge >= 0.3 is 0 Å². The molecule has 1 nitrogen and oxygen atoms in total. The highest BCUT2D eigenvalue weighted by atomic mass is 15.2. The minimum absolute atomic E-state index is 0.698. The fourth-order valence-corrected chi connectivity index (χ4v) is 2.10. The van der Waals surface area contributed by atoms with Crippen molar-refractivity contribution >= 4 is 0 Å². The lowest BCUT2D eigenvalue weighted by atomic mass is 9.96. The average Bonchev–Trinajstić information content (AvgIpc) is 2.09. The van der Waals surface area contributed by atoms with Crippen molar-refractivity contribution in [3.8, 4) is 0 Å². The van der Waals surface area contributed by atoms with Crippen molar-refractivity contribution in [3.05, 3.63) is 11.6 Å². The highest BCUT2D eigenvalue weighted by molar-refractivity contribution is 5.11. The summed E-state index contributed by atoms with van der Waals surface area (Å²) in [6.45, 7) is 9.33. The Morgan fingerprint density at radius 2 is 2.33 bits per heavy atom. The van der Waals surface area contributed by atoms with Crippen molar-refractivity contribution in [3.63, 3.8) is 0 Å². The molecule has 1 atom stereocenters. The largest absolute Gasteiger partial charge is 0.297 e. The molecule has 0 amide bonds. The predicted molar refractivity (Wildman–Crippen MR) is 54.3 cm³/mol. The lowest BCUT2D eigenvalue weighted by molar-refractivity contribution is 0.203. The van der Waals surface area contributed by atoms with Crippen molar-refractivity contribution in [2.24, 2.45) is 0 Å². The second kappa shape index (κ2) is 4.66. The highest BCUT2D eigenvalue weighted by Crippen LogP contribution is 2.22. The molecular formula is C11H21N. The molecule has 12 heavy (non-hydrogen) atoms. The molecule has 0 N–H and O–H groups in total. The van der Waals surface area contributed by atoms with Crippen molar-refractivity contribution in [1.82, 2.24) is 4.90 Å². The number of allylic oxidation sites excluding steroid dienone is 1. The topological polar surface area (TPSA) is 3.24 Å². The molecule has 1 fully saturated rings. The summed E-state index contributed by atoms with van der Waals surface area (Å²) in [4.78, 5) is 2.60. The average molecular weight is 167 g/mol. The molecule has 0 spiro atoms. The second-order valence-electron chi connectivity index (χ2n) is 3.68. The Bertz CT molecular complexity index is 158. The lowest BCUT2D eigenvalue weighted by Crippen LogP contribution is -2.39. The Kier molecular flexibility index (Phi) is 3.80. The van der Waals surface area contributed by atoms with E-state index in [-0.39, 0.29) is 0 Å². The normalized spacial score (nSPS) is 29.6. The summed E-state index contributed by atoms with van der Waals surface area (Å²) in [6.07, 6.45) is 6.25. The van der Waals surface area contributed by atoms with Crippen LogP contribution in [-0.4, -0.2) is 24.0 Å². The predicted octanol–water partition coefficient (Wildman–Crippen LogP) is 2.83. The van der Waals surface area contributed by atoms with E-state index in [1.165, 1.54) is 32.4 Å². The van der Waals surface area contributed by atoms with E-state index < -0.39 is 0 Å². The van der Waals surface area contributed by atoms with Crippen LogP contribution < -0.4 is 0 Å².